The van der Waals surface area contributed by atoms with Crippen LogP contribution in [0.25, 0.3) is 132 Å². The van der Waals surface area contributed by atoms with Gasteiger partial charge in [0.2, 0.25) is 0 Å². The third-order valence-corrected chi connectivity index (χ3v) is 21.8. The first-order chi connectivity index (χ1) is 52.2. The smallest absolute Gasteiger partial charge is 0.0988 e. The predicted octanol–water partition coefficient (Wildman–Crippen LogP) is 14.5. The van der Waals surface area contributed by atoms with Crippen LogP contribution in [0.5, 0.6) is 0 Å². The first-order valence-electron chi connectivity index (χ1n) is 33.4. The van der Waals surface area contributed by atoms with Gasteiger partial charge >= 0.3 is 0 Å². The van der Waals surface area contributed by atoms with Crippen LogP contribution in [0.4, 0.5) is 0 Å². The zero-order valence-electron chi connectivity index (χ0n) is 57.4. The second-order valence-corrected chi connectivity index (χ2v) is 34.2. The largest absolute Gasteiger partial charge is 0.748 e. The fourth-order valence-electron chi connectivity index (χ4n) is 13.2. The molecule has 0 atom stereocenters. The highest BCUT2D eigenvalue weighted by molar-refractivity contribution is 7.86. The fraction of sp³-hybridized carbons (Fsp3) is 0.0732. The molecule has 0 N–H and O–H groups in total. The minimum atomic E-state index is -4.45. The van der Waals surface area contributed by atoms with Crippen molar-refractivity contribution in [2.75, 3.05) is 0 Å². The zero-order valence-corrected chi connectivity index (χ0v) is 62.3. The SMILES string of the molecule is O=S(=O)([O-])Cc1ccc(-c2nc3ccccc3c3cc(CS(=O)(=O)[O-])ccc23)cc1.O=S(=O)([O-])Cc1ccc(-c2nc3ccccc3c3ccc(CS(=O)(=O)[O-])cc23)cc1.O=S(=O)([O-])Cc1ccc2c(-c3ccccc3)nc3ccccc3c2c1.O=S(=O)([O-])Cc1ccc2c(c1)c(-c1ccccc1)nc1ccccc12. The van der Waals surface area contributed by atoms with Crippen molar-refractivity contribution in [3.8, 4) is 45.0 Å². The van der Waals surface area contributed by atoms with E-state index in [9.17, 15) is 77.8 Å². The molecule has 556 valence electrons. The number of para-hydroxylation sites is 4. The highest BCUT2D eigenvalue weighted by atomic mass is 32.2. The number of aromatic nitrogens is 4. The van der Waals surface area contributed by atoms with Crippen LogP contribution < -0.4 is 0 Å². The van der Waals surface area contributed by atoms with Gasteiger partial charge in [-0.05, 0) is 103 Å². The number of hydrogen-bond donors (Lipinski definition) is 0. The van der Waals surface area contributed by atoms with Crippen LogP contribution in [0.2, 0.25) is 0 Å². The maximum atomic E-state index is 11.2. The molecule has 16 rings (SSSR count). The second-order valence-electron chi connectivity index (χ2n) is 25.8. The van der Waals surface area contributed by atoms with Gasteiger partial charge in [-0.2, -0.15) is 0 Å². The monoisotopic (exact) mass is 1580 g/mol. The van der Waals surface area contributed by atoms with Crippen LogP contribution in [-0.4, -0.2) is 97.8 Å². The predicted molar refractivity (Wildman–Crippen MR) is 419 cm³/mol. The summed E-state index contributed by atoms with van der Waals surface area (Å²) >= 11 is 0. The molecular formula is C82H58N4O18S6-6. The van der Waals surface area contributed by atoms with Crippen molar-refractivity contribution < 1.29 is 77.8 Å². The molecule has 0 spiro atoms. The Morgan fingerprint density at radius 3 is 0.655 bits per heavy atom. The highest BCUT2D eigenvalue weighted by Crippen LogP contribution is 2.39. The van der Waals surface area contributed by atoms with E-state index in [1.54, 1.807) is 109 Å². The third kappa shape index (κ3) is 19.2. The van der Waals surface area contributed by atoms with Crippen LogP contribution in [0.15, 0.2) is 279 Å². The van der Waals surface area contributed by atoms with Crippen molar-refractivity contribution in [1.82, 2.24) is 19.9 Å². The minimum absolute atomic E-state index is 0.352. The Bertz CT molecular complexity index is 7020. The van der Waals surface area contributed by atoms with Gasteiger partial charge in [0.05, 0.1) is 140 Å². The number of fused-ring (bicyclic) bond motifs is 12. The summed E-state index contributed by atoms with van der Waals surface area (Å²) in [6, 6.07) is 83.5. The van der Waals surface area contributed by atoms with Crippen LogP contribution in [-0.2, 0) is 95.2 Å². The van der Waals surface area contributed by atoms with E-state index in [1.807, 2.05) is 170 Å². The molecule has 110 heavy (non-hydrogen) atoms. The molecule has 22 nitrogen and oxygen atoms in total. The Labute approximate surface area is 632 Å². The highest BCUT2D eigenvalue weighted by Gasteiger charge is 2.18. The Hall–Kier alpha value is -11.2. The van der Waals surface area contributed by atoms with E-state index in [4.69, 9.17) is 19.9 Å². The van der Waals surface area contributed by atoms with E-state index in [0.717, 1.165) is 98.3 Å². The maximum absolute atomic E-state index is 11.2. The minimum Gasteiger partial charge on any atom is -0.748 e. The average Bonchev–Trinajstić information content (AvgIpc) is 0.777. The quantitative estimate of drug-likeness (QED) is 0.0640. The van der Waals surface area contributed by atoms with Crippen molar-refractivity contribution in [3.63, 3.8) is 0 Å². The molecule has 0 bridgehead atoms. The molecule has 0 fully saturated rings. The van der Waals surface area contributed by atoms with Gasteiger partial charge in [-0.25, -0.2) is 70.4 Å². The van der Waals surface area contributed by atoms with Crippen molar-refractivity contribution in [2.24, 2.45) is 0 Å². The molecule has 0 amide bonds. The Balaban J connectivity index is 0.000000129. The van der Waals surface area contributed by atoms with Crippen LogP contribution in [0.1, 0.15) is 33.4 Å². The van der Waals surface area contributed by atoms with Crippen LogP contribution in [0.3, 0.4) is 0 Å². The van der Waals surface area contributed by atoms with Gasteiger partial charge in [0.15, 0.2) is 0 Å². The molecule has 0 aliphatic carbocycles. The molecule has 0 saturated heterocycles. The van der Waals surface area contributed by atoms with E-state index >= 15 is 0 Å². The van der Waals surface area contributed by atoms with E-state index in [2.05, 4.69) is 0 Å². The summed E-state index contributed by atoms with van der Waals surface area (Å²) in [5.41, 5.74) is 11.7. The normalized spacial score (nSPS) is 12.2. The number of benzene rings is 12. The first-order valence-corrected chi connectivity index (χ1v) is 42.8. The standard InChI is InChI=1S/2C21H17NO6S2.2C20H15NO3S/c23-29(24,25)12-14-5-8-16(9-6-14)21-19-11-15(13-30(26,27)28)7-10-17(19)18-3-1-2-4-20(18)22-21;23-29(24,25)12-14-5-8-16(9-6-14)21-18-10-7-15(13-30(26,27)28)11-19(18)17-3-1-2-4-20(17)22-21;22-25(23,24)13-14-10-11-16-17-8-4-5-9-19(17)21-20(18(16)12-14)15-6-2-1-3-7-15;22-25(23,24)13-14-10-11-17-18(12-14)16-8-4-5-9-19(16)21-20(17)15-6-2-1-3-7-15/h2*1-11H,12-13H2,(H,23,24,25)(H,26,27,28);2*1-12H,13H2,(H,22,23,24)/p-6. The van der Waals surface area contributed by atoms with Gasteiger partial charge in [-0.1, -0.05) is 231 Å². The van der Waals surface area contributed by atoms with E-state index in [1.165, 1.54) is 0 Å². The maximum Gasteiger partial charge on any atom is 0.0988 e. The number of pyridine rings is 4. The summed E-state index contributed by atoms with van der Waals surface area (Å²) in [5, 5.41) is 10.3. The molecule has 4 heterocycles. The molecule has 0 unspecified atom stereocenters. The summed E-state index contributed by atoms with van der Waals surface area (Å²) in [7, 11) is -26.3. The number of nitrogens with zero attached hydrogens (tertiary/aromatic N) is 4. The average molecular weight is 1580 g/mol. The molecular weight excluding hydrogens is 1520 g/mol. The Morgan fingerprint density at radius 2 is 0.382 bits per heavy atom. The van der Waals surface area contributed by atoms with E-state index < -0.39 is 95.2 Å². The number of hydrogen-bond acceptors (Lipinski definition) is 22. The Kier molecular flexibility index (Phi) is 22.0. The zero-order chi connectivity index (χ0) is 77.9. The van der Waals surface area contributed by atoms with Gasteiger partial charge < -0.3 is 27.3 Å². The summed E-state index contributed by atoms with van der Waals surface area (Å²) < 4.78 is 200. The lowest BCUT2D eigenvalue weighted by atomic mass is 9.98. The van der Waals surface area contributed by atoms with Crippen molar-refractivity contribution >= 4 is 147 Å². The third-order valence-electron chi connectivity index (χ3n) is 17.7. The van der Waals surface area contributed by atoms with Crippen molar-refractivity contribution in [1.29, 1.82) is 0 Å². The lowest BCUT2D eigenvalue weighted by molar-refractivity contribution is 0.459. The Morgan fingerprint density at radius 1 is 0.182 bits per heavy atom. The molecule has 0 radical (unpaired) electrons. The molecule has 12 aromatic carbocycles. The van der Waals surface area contributed by atoms with E-state index in [-0.39, 0.29) is 0 Å². The molecule has 0 aliphatic rings. The van der Waals surface area contributed by atoms with E-state index in [0.29, 0.717) is 66.8 Å². The van der Waals surface area contributed by atoms with Gasteiger partial charge in [0.25, 0.3) is 0 Å². The summed E-state index contributed by atoms with van der Waals surface area (Å²) in [6.45, 7) is 0. The lowest BCUT2D eigenvalue weighted by Crippen LogP contribution is -2.02. The molecule has 0 aliphatic heterocycles. The first kappa shape index (κ1) is 77.0. The molecule has 0 saturated carbocycles. The lowest BCUT2D eigenvalue weighted by Gasteiger charge is -2.13. The van der Waals surface area contributed by atoms with Crippen LogP contribution in [0, 0.1) is 0 Å². The topological polar surface area (TPSA) is 395 Å². The molecule has 28 heteroatoms. The summed E-state index contributed by atoms with van der Waals surface area (Å²) in [5.74, 6) is -3.47. The van der Waals surface area contributed by atoms with Gasteiger partial charge in [0, 0.05) is 65.3 Å². The van der Waals surface area contributed by atoms with Crippen molar-refractivity contribution in [2.45, 2.75) is 34.5 Å². The van der Waals surface area contributed by atoms with Gasteiger partial charge in [0.1, 0.15) is 0 Å². The molecule has 16 aromatic rings. The van der Waals surface area contributed by atoms with Gasteiger partial charge in [-0.3, -0.25) is 0 Å². The second kappa shape index (κ2) is 31.4. The van der Waals surface area contributed by atoms with Crippen LogP contribution >= 0.6 is 0 Å². The summed E-state index contributed by atoms with van der Waals surface area (Å²) in [6.07, 6.45) is 0. The van der Waals surface area contributed by atoms with Crippen molar-refractivity contribution in [3.05, 3.63) is 312 Å². The fourth-order valence-corrected chi connectivity index (χ4v) is 16.7. The number of rotatable bonds is 16. The molecule has 4 aromatic heterocycles. The van der Waals surface area contributed by atoms with Gasteiger partial charge in [-0.15, -0.1) is 0 Å². The summed E-state index contributed by atoms with van der Waals surface area (Å²) in [4.78, 5) is 19.0.